The third-order valence-electron chi connectivity index (χ3n) is 5.59. The number of carbonyl (C=O) groups is 1. The van der Waals surface area contributed by atoms with Gasteiger partial charge < -0.3 is 10.1 Å². The minimum Gasteiger partial charge on any atom is -0.485 e. The summed E-state index contributed by atoms with van der Waals surface area (Å²) in [7, 11) is 0. The van der Waals surface area contributed by atoms with Crippen LogP contribution in [-0.4, -0.2) is 26.4 Å². The third-order valence-corrected chi connectivity index (χ3v) is 6.56. The Kier molecular flexibility index (Phi) is 7.65. The van der Waals surface area contributed by atoms with Gasteiger partial charge in [0.2, 0.25) is 5.91 Å². The van der Waals surface area contributed by atoms with Crippen molar-refractivity contribution in [1.82, 2.24) is 14.8 Å². The smallest absolute Gasteiger partial charge is 0.234 e. The molecule has 1 aromatic heterocycles. The number of nitrogens with one attached hydrogen (secondary N) is 1. The predicted molar refractivity (Wildman–Crippen MR) is 138 cm³/mol. The van der Waals surface area contributed by atoms with Crippen molar-refractivity contribution in [3.8, 4) is 5.75 Å². The molecule has 0 saturated heterocycles. The van der Waals surface area contributed by atoms with E-state index in [1.165, 1.54) is 28.1 Å². The zero-order valence-electron chi connectivity index (χ0n) is 19.5. The van der Waals surface area contributed by atoms with Gasteiger partial charge in [0.1, 0.15) is 12.4 Å². The monoisotopic (exact) mass is 472 g/mol. The summed E-state index contributed by atoms with van der Waals surface area (Å²) in [5, 5.41) is 14.5. The predicted octanol–water partition coefficient (Wildman–Crippen LogP) is 5.80. The van der Waals surface area contributed by atoms with E-state index in [4.69, 9.17) is 4.74 Å². The topological polar surface area (TPSA) is 69.0 Å². The summed E-state index contributed by atoms with van der Waals surface area (Å²) in [5.74, 6) is 1.64. The summed E-state index contributed by atoms with van der Waals surface area (Å²) in [4.78, 5) is 12.4. The number of aromatic nitrogens is 3. The molecular weight excluding hydrogens is 444 g/mol. The molecule has 34 heavy (non-hydrogen) atoms. The number of nitrogens with zero attached hydrogens (tertiary/aromatic N) is 3. The lowest BCUT2D eigenvalue weighted by atomic mass is 10.0. The van der Waals surface area contributed by atoms with E-state index in [0.717, 1.165) is 23.4 Å². The molecule has 0 aliphatic rings. The Labute approximate surface area is 204 Å². The van der Waals surface area contributed by atoms with Gasteiger partial charge >= 0.3 is 0 Å². The standard InChI is InChI=1S/C27H28N4O2S/c1-4-16-31-25(17-33-24-15-12-21-8-6-7-9-23(21)19(24)3)29-30-27(31)34-18-26(32)28-22-13-10-20(5-2)11-14-22/h4,6-15H,1,5,16-18H2,2-3H3,(H,28,32). The Bertz CT molecular complexity index is 1300. The summed E-state index contributed by atoms with van der Waals surface area (Å²) in [6.07, 6.45) is 2.75. The molecule has 174 valence electrons. The van der Waals surface area contributed by atoms with Gasteiger partial charge in [-0.3, -0.25) is 9.36 Å². The largest absolute Gasteiger partial charge is 0.485 e. The Balaban J connectivity index is 1.40. The molecule has 1 N–H and O–H groups in total. The molecule has 6 nitrogen and oxygen atoms in total. The number of fused-ring (bicyclic) bond motifs is 1. The Hall–Kier alpha value is -3.58. The third kappa shape index (κ3) is 5.48. The van der Waals surface area contributed by atoms with Crippen molar-refractivity contribution in [2.24, 2.45) is 0 Å². The highest BCUT2D eigenvalue weighted by molar-refractivity contribution is 7.99. The van der Waals surface area contributed by atoms with E-state index in [-0.39, 0.29) is 18.3 Å². The second-order valence-corrected chi connectivity index (χ2v) is 8.83. The van der Waals surface area contributed by atoms with Gasteiger partial charge in [-0.15, -0.1) is 16.8 Å². The van der Waals surface area contributed by atoms with Crippen molar-refractivity contribution in [3.05, 3.63) is 90.3 Å². The lowest BCUT2D eigenvalue weighted by molar-refractivity contribution is -0.113. The minimum atomic E-state index is -0.0908. The first kappa shape index (κ1) is 23.6. The van der Waals surface area contributed by atoms with E-state index in [2.05, 4.69) is 54.1 Å². The van der Waals surface area contributed by atoms with Gasteiger partial charge in [0.05, 0.1) is 5.75 Å². The maximum atomic E-state index is 12.4. The van der Waals surface area contributed by atoms with Crippen LogP contribution in [0.1, 0.15) is 23.9 Å². The summed E-state index contributed by atoms with van der Waals surface area (Å²) in [5.41, 5.74) is 3.11. The number of benzene rings is 3. The average Bonchev–Trinajstić information content (AvgIpc) is 3.24. The van der Waals surface area contributed by atoms with Gasteiger partial charge in [0.15, 0.2) is 11.0 Å². The molecule has 0 aliphatic carbocycles. The van der Waals surface area contributed by atoms with Gasteiger partial charge in [-0.2, -0.15) is 0 Å². The molecule has 0 atom stereocenters. The summed E-state index contributed by atoms with van der Waals surface area (Å²) in [6, 6.07) is 20.2. The maximum absolute atomic E-state index is 12.4. The normalized spacial score (nSPS) is 10.9. The lowest BCUT2D eigenvalue weighted by Gasteiger charge is -2.12. The number of ether oxygens (including phenoxy) is 1. The first-order valence-corrected chi connectivity index (χ1v) is 12.2. The lowest BCUT2D eigenvalue weighted by Crippen LogP contribution is -2.15. The van der Waals surface area contributed by atoms with Crippen LogP contribution in [0.4, 0.5) is 5.69 Å². The molecule has 0 radical (unpaired) electrons. The SMILES string of the molecule is C=CCn1c(COc2ccc3ccccc3c2C)nnc1SCC(=O)Nc1ccc(CC)cc1. The van der Waals surface area contributed by atoms with Crippen LogP contribution in [0.2, 0.25) is 0 Å². The Morgan fingerprint density at radius 1 is 1.12 bits per heavy atom. The summed E-state index contributed by atoms with van der Waals surface area (Å²) >= 11 is 1.34. The van der Waals surface area contributed by atoms with Crippen molar-refractivity contribution < 1.29 is 9.53 Å². The van der Waals surface area contributed by atoms with Crippen LogP contribution in [0.3, 0.4) is 0 Å². The second kappa shape index (κ2) is 11.0. The Morgan fingerprint density at radius 2 is 1.91 bits per heavy atom. The van der Waals surface area contributed by atoms with E-state index in [1.807, 2.05) is 47.0 Å². The number of amides is 1. The van der Waals surface area contributed by atoms with Crippen LogP contribution in [-0.2, 0) is 24.4 Å². The van der Waals surface area contributed by atoms with Gasteiger partial charge in [-0.25, -0.2) is 0 Å². The zero-order valence-corrected chi connectivity index (χ0v) is 20.3. The molecule has 0 aliphatic heterocycles. The molecule has 4 aromatic rings. The molecule has 1 amide bonds. The van der Waals surface area contributed by atoms with Crippen molar-refractivity contribution in [1.29, 1.82) is 0 Å². The first-order valence-electron chi connectivity index (χ1n) is 11.2. The van der Waals surface area contributed by atoms with Gasteiger partial charge in [0.25, 0.3) is 0 Å². The van der Waals surface area contributed by atoms with E-state index in [1.54, 1.807) is 6.08 Å². The molecule has 0 bridgehead atoms. The molecule has 4 rings (SSSR count). The molecular formula is C27H28N4O2S. The highest BCUT2D eigenvalue weighted by Gasteiger charge is 2.15. The van der Waals surface area contributed by atoms with Gasteiger partial charge in [-0.05, 0) is 53.4 Å². The minimum absolute atomic E-state index is 0.0908. The molecule has 0 saturated carbocycles. The van der Waals surface area contributed by atoms with E-state index in [9.17, 15) is 4.79 Å². The zero-order chi connectivity index (χ0) is 23.9. The van der Waals surface area contributed by atoms with Crippen LogP contribution in [0.15, 0.2) is 78.5 Å². The fourth-order valence-electron chi connectivity index (χ4n) is 3.70. The maximum Gasteiger partial charge on any atom is 0.234 e. The average molecular weight is 473 g/mol. The fourth-order valence-corrected chi connectivity index (χ4v) is 4.47. The van der Waals surface area contributed by atoms with Gasteiger partial charge in [-0.1, -0.05) is 67.2 Å². The number of carbonyl (C=O) groups excluding carboxylic acids is 1. The first-order chi connectivity index (χ1) is 16.6. The number of rotatable bonds is 10. The van der Waals surface area contributed by atoms with E-state index >= 15 is 0 Å². The van der Waals surface area contributed by atoms with E-state index in [0.29, 0.717) is 17.5 Å². The molecule has 7 heteroatoms. The van der Waals surface area contributed by atoms with E-state index < -0.39 is 0 Å². The molecule has 0 fully saturated rings. The van der Waals surface area contributed by atoms with Crippen LogP contribution < -0.4 is 10.1 Å². The number of hydrogen-bond donors (Lipinski definition) is 1. The van der Waals surface area contributed by atoms with Gasteiger partial charge in [0, 0.05) is 12.2 Å². The van der Waals surface area contributed by atoms with Crippen molar-refractivity contribution in [3.63, 3.8) is 0 Å². The second-order valence-electron chi connectivity index (χ2n) is 7.88. The highest BCUT2D eigenvalue weighted by atomic mass is 32.2. The summed E-state index contributed by atoms with van der Waals surface area (Å²) in [6.45, 7) is 8.81. The molecule has 1 heterocycles. The van der Waals surface area contributed by atoms with Crippen LogP contribution in [0.5, 0.6) is 5.75 Å². The van der Waals surface area contributed by atoms with Crippen molar-refractivity contribution >= 4 is 34.1 Å². The van der Waals surface area contributed by atoms with Crippen LogP contribution in [0, 0.1) is 6.92 Å². The highest BCUT2D eigenvalue weighted by Crippen LogP contribution is 2.28. The number of thioether (sulfide) groups is 1. The molecule has 3 aromatic carbocycles. The number of anilines is 1. The number of aryl methyl sites for hydroxylation is 2. The van der Waals surface area contributed by atoms with Crippen molar-refractivity contribution in [2.75, 3.05) is 11.1 Å². The number of allylic oxidation sites excluding steroid dienone is 1. The van der Waals surface area contributed by atoms with Crippen molar-refractivity contribution in [2.45, 2.75) is 38.6 Å². The molecule has 0 unspecified atom stereocenters. The number of hydrogen-bond acceptors (Lipinski definition) is 5. The molecule has 0 spiro atoms. The fraction of sp³-hybridized carbons (Fsp3) is 0.222. The van der Waals surface area contributed by atoms with Crippen LogP contribution in [0.25, 0.3) is 10.8 Å². The Morgan fingerprint density at radius 3 is 2.68 bits per heavy atom. The van der Waals surface area contributed by atoms with Crippen LogP contribution >= 0.6 is 11.8 Å². The summed E-state index contributed by atoms with van der Waals surface area (Å²) < 4.78 is 8.04. The quantitative estimate of drug-likeness (QED) is 0.233.